The van der Waals surface area contributed by atoms with Gasteiger partial charge in [0.15, 0.2) is 0 Å². The van der Waals surface area contributed by atoms with Crippen LogP contribution in [0.3, 0.4) is 0 Å². The molecule has 0 unspecified atom stereocenters. The number of aryl methyl sites for hydroxylation is 1. The van der Waals surface area contributed by atoms with Gasteiger partial charge in [0.2, 0.25) is 0 Å². The third-order valence-corrected chi connectivity index (χ3v) is 3.02. The molecule has 0 aliphatic heterocycles. The molecule has 0 atom stereocenters. The largest absolute Gasteiger partial charge is 0.0944 e. The van der Waals surface area contributed by atoms with E-state index in [1.807, 2.05) is 0 Å². The second kappa shape index (κ2) is 3.92. The molecule has 70 valence electrons. The minimum Gasteiger partial charge on any atom is -0.0944 e. The van der Waals surface area contributed by atoms with E-state index in [4.69, 9.17) is 0 Å². The highest BCUT2D eigenvalue weighted by Crippen LogP contribution is 2.09. The van der Waals surface area contributed by atoms with Gasteiger partial charge in [-0.2, -0.15) is 0 Å². The molecule has 1 aromatic rings. The second-order valence-electron chi connectivity index (χ2n) is 4.61. The Morgan fingerprint density at radius 2 is 1.54 bits per heavy atom. The lowest BCUT2D eigenvalue weighted by Crippen LogP contribution is -2.15. The fourth-order valence-corrected chi connectivity index (χ4v) is 1.72. The van der Waals surface area contributed by atoms with Crippen molar-refractivity contribution in [2.45, 2.75) is 26.6 Å². The van der Waals surface area contributed by atoms with E-state index < -0.39 is 8.07 Å². The third kappa shape index (κ3) is 4.09. The fraction of sp³-hybridized carbons (Fsp3) is 0.333. The van der Waals surface area contributed by atoms with Gasteiger partial charge in [-0.15, -0.1) is 0 Å². The number of rotatable bonds is 2. The first-order chi connectivity index (χ1) is 5.97. The van der Waals surface area contributed by atoms with Gasteiger partial charge in [0.1, 0.15) is 0 Å². The minimum atomic E-state index is -1.03. The molecule has 1 rings (SSSR count). The molecule has 0 saturated carbocycles. The van der Waals surface area contributed by atoms with Gasteiger partial charge >= 0.3 is 0 Å². The van der Waals surface area contributed by atoms with Gasteiger partial charge in [0.05, 0.1) is 8.07 Å². The van der Waals surface area contributed by atoms with Crippen LogP contribution in [0.2, 0.25) is 19.6 Å². The lowest BCUT2D eigenvalue weighted by atomic mass is 10.2. The molecule has 0 spiro atoms. The van der Waals surface area contributed by atoms with Crippen LogP contribution in [0.25, 0.3) is 6.08 Å². The molecule has 0 aliphatic carbocycles. The third-order valence-electron chi connectivity index (χ3n) is 1.85. The molecule has 0 bridgehead atoms. The van der Waals surface area contributed by atoms with E-state index in [0.29, 0.717) is 0 Å². The first-order valence-electron chi connectivity index (χ1n) is 4.73. The predicted octanol–water partition coefficient (Wildman–Crippen LogP) is 3.89. The average molecular weight is 190 g/mol. The highest BCUT2D eigenvalue weighted by molar-refractivity contribution is 6.81. The van der Waals surface area contributed by atoms with Crippen molar-refractivity contribution in [1.82, 2.24) is 0 Å². The van der Waals surface area contributed by atoms with E-state index in [1.165, 1.54) is 11.1 Å². The Labute approximate surface area is 82.3 Å². The summed E-state index contributed by atoms with van der Waals surface area (Å²) in [7, 11) is -1.03. The molecule has 0 N–H and O–H groups in total. The smallest absolute Gasteiger partial charge is 0.0687 e. The van der Waals surface area contributed by atoms with E-state index >= 15 is 0 Å². The van der Waals surface area contributed by atoms with Crippen LogP contribution in [0.15, 0.2) is 30.0 Å². The molecular formula is C12H18Si. The molecule has 0 radical (unpaired) electrons. The summed E-state index contributed by atoms with van der Waals surface area (Å²) in [6, 6.07) is 8.66. The standard InChI is InChI=1S/C12H18Si/c1-11-5-7-12(8-6-11)9-10-13(2,3)4/h5-10H,1-4H3. The number of benzene rings is 1. The van der Waals surface area contributed by atoms with Crippen LogP contribution < -0.4 is 0 Å². The summed E-state index contributed by atoms with van der Waals surface area (Å²) < 4.78 is 0. The Kier molecular flexibility index (Phi) is 3.10. The topological polar surface area (TPSA) is 0 Å². The highest BCUT2D eigenvalue weighted by atomic mass is 28.3. The average Bonchev–Trinajstić information content (AvgIpc) is 2.02. The van der Waals surface area contributed by atoms with Crippen LogP contribution in [0, 0.1) is 6.92 Å². The van der Waals surface area contributed by atoms with Crippen molar-refractivity contribution >= 4 is 14.1 Å². The normalized spacial score (nSPS) is 12.3. The lowest BCUT2D eigenvalue weighted by molar-refractivity contribution is 1.46. The van der Waals surface area contributed by atoms with Crippen LogP contribution in [0.1, 0.15) is 11.1 Å². The summed E-state index contributed by atoms with van der Waals surface area (Å²) in [6.45, 7) is 9.15. The highest BCUT2D eigenvalue weighted by Gasteiger charge is 2.06. The SMILES string of the molecule is Cc1ccc(C=C[Si](C)(C)C)cc1. The fourth-order valence-electron chi connectivity index (χ4n) is 1.02. The summed E-state index contributed by atoms with van der Waals surface area (Å²) in [5.74, 6) is 0. The van der Waals surface area contributed by atoms with Crippen molar-refractivity contribution in [2.75, 3.05) is 0 Å². The first-order valence-corrected chi connectivity index (χ1v) is 8.31. The lowest BCUT2D eigenvalue weighted by Gasteiger charge is -2.07. The van der Waals surface area contributed by atoms with Gasteiger partial charge in [-0.3, -0.25) is 0 Å². The summed E-state index contributed by atoms with van der Waals surface area (Å²) in [4.78, 5) is 0. The van der Waals surface area contributed by atoms with Crippen LogP contribution >= 0.6 is 0 Å². The zero-order chi connectivity index (χ0) is 9.90. The Morgan fingerprint density at radius 1 is 1.00 bits per heavy atom. The van der Waals surface area contributed by atoms with Crippen molar-refractivity contribution in [1.29, 1.82) is 0 Å². The molecule has 0 heterocycles. The predicted molar refractivity (Wildman–Crippen MR) is 63.6 cm³/mol. The maximum absolute atomic E-state index is 2.37. The molecule has 0 amide bonds. The molecule has 1 aromatic carbocycles. The van der Waals surface area contributed by atoms with Gasteiger partial charge in [0, 0.05) is 0 Å². The Balaban J connectivity index is 2.75. The minimum absolute atomic E-state index is 1.03. The quantitative estimate of drug-likeness (QED) is 0.621. The molecule has 13 heavy (non-hydrogen) atoms. The van der Waals surface area contributed by atoms with Crippen LogP contribution in [-0.2, 0) is 0 Å². The van der Waals surface area contributed by atoms with E-state index in [1.54, 1.807) is 0 Å². The molecular weight excluding hydrogens is 172 g/mol. The summed E-state index contributed by atoms with van der Waals surface area (Å²) in [5, 5.41) is 0. The monoisotopic (exact) mass is 190 g/mol. The Hall–Kier alpha value is -0.823. The van der Waals surface area contributed by atoms with Gasteiger partial charge < -0.3 is 0 Å². The van der Waals surface area contributed by atoms with E-state index in [-0.39, 0.29) is 0 Å². The van der Waals surface area contributed by atoms with Gasteiger partial charge in [-0.25, -0.2) is 0 Å². The first kappa shape index (κ1) is 10.3. The zero-order valence-corrected chi connectivity index (χ0v) is 9.96. The molecule has 0 fully saturated rings. The van der Waals surface area contributed by atoms with Crippen LogP contribution in [0.5, 0.6) is 0 Å². The van der Waals surface area contributed by atoms with Crippen molar-refractivity contribution in [2.24, 2.45) is 0 Å². The van der Waals surface area contributed by atoms with Crippen molar-refractivity contribution in [3.63, 3.8) is 0 Å². The summed E-state index contributed by atoms with van der Waals surface area (Å²) >= 11 is 0. The molecule has 0 saturated heterocycles. The zero-order valence-electron chi connectivity index (χ0n) is 8.96. The maximum atomic E-state index is 2.37. The Bertz CT molecular complexity index is 288. The second-order valence-corrected chi connectivity index (χ2v) is 9.68. The number of hydrogen-bond acceptors (Lipinski definition) is 0. The maximum Gasteiger partial charge on any atom is 0.0687 e. The molecule has 1 heteroatoms. The number of hydrogen-bond donors (Lipinski definition) is 0. The molecule has 0 aromatic heterocycles. The van der Waals surface area contributed by atoms with Gasteiger partial charge in [-0.05, 0) is 12.5 Å². The van der Waals surface area contributed by atoms with Gasteiger partial charge in [-0.1, -0.05) is 61.2 Å². The van der Waals surface area contributed by atoms with Crippen LogP contribution in [0.4, 0.5) is 0 Å². The van der Waals surface area contributed by atoms with Gasteiger partial charge in [0.25, 0.3) is 0 Å². The van der Waals surface area contributed by atoms with Crippen LogP contribution in [-0.4, -0.2) is 8.07 Å². The van der Waals surface area contributed by atoms with E-state index in [2.05, 4.69) is 62.6 Å². The van der Waals surface area contributed by atoms with Crippen molar-refractivity contribution in [3.8, 4) is 0 Å². The summed E-state index contributed by atoms with van der Waals surface area (Å²) in [5.41, 5.74) is 5.01. The molecule has 0 aliphatic rings. The van der Waals surface area contributed by atoms with E-state index in [9.17, 15) is 0 Å². The Morgan fingerprint density at radius 3 is 2.00 bits per heavy atom. The summed E-state index contributed by atoms with van der Waals surface area (Å²) in [6.07, 6.45) is 2.24. The van der Waals surface area contributed by atoms with E-state index in [0.717, 1.165) is 0 Å². The van der Waals surface area contributed by atoms with Crippen molar-refractivity contribution in [3.05, 3.63) is 41.1 Å². The van der Waals surface area contributed by atoms with Crippen molar-refractivity contribution < 1.29 is 0 Å². The molecule has 0 nitrogen and oxygen atoms in total.